The van der Waals surface area contributed by atoms with Crippen molar-refractivity contribution in [3.8, 4) is 5.75 Å². The normalized spacial score (nSPS) is 15.0. The second-order valence-electron chi connectivity index (χ2n) is 5.19. The number of halogens is 1. The van der Waals surface area contributed by atoms with Crippen molar-refractivity contribution in [2.75, 3.05) is 7.11 Å². The van der Waals surface area contributed by atoms with E-state index in [2.05, 4.69) is 0 Å². The lowest BCUT2D eigenvalue weighted by atomic mass is 10.1. The number of carbonyl (C=O) groups excluding carboxylic acids is 1. The van der Waals surface area contributed by atoms with Crippen LogP contribution < -0.4 is 4.74 Å². The number of nitro groups is 1. The van der Waals surface area contributed by atoms with Crippen LogP contribution in [0.5, 0.6) is 5.75 Å². The molecule has 0 aromatic heterocycles. The minimum atomic E-state index is -0.539. The maximum Gasteiger partial charge on any atom is 0.343 e. The molecule has 0 aliphatic carbocycles. The van der Waals surface area contributed by atoms with Gasteiger partial charge in [0.25, 0.3) is 0 Å². The minimum absolute atomic E-state index is 0.151. The smallest absolute Gasteiger partial charge is 0.343 e. The van der Waals surface area contributed by atoms with Gasteiger partial charge in [0.2, 0.25) is 0 Å². The Bertz CT molecular complexity index is 916. The van der Waals surface area contributed by atoms with Gasteiger partial charge in [-0.05, 0) is 48.0 Å². The highest BCUT2D eigenvalue weighted by Crippen LogP contribution is 2.31. The molecule has 0 radical (unpaired) electrons. The summed E-state index contributed by atoms with van der Waals surface area (Å²) < 4.78 is 10.2. The lowest BCUT2D eigenvalue weighted by Gasteiger charge is -2.02. The van der Waals surface area contributed by atoms with Crippen molar-refractivity contribution in [2.45, 2.75) is 0 Å². The van der Waals surface area contributed by atoms with Gasteiger partial charge in [-0.25, -0.2) is 4.79 Å². The van der Waals surface area contributed by atoms with Crippen LogP contribution in [0.1, 0.15) is 11.1 Å². The number of nitro benzene ring substituents is 1. The molecule has 0 spiro atoms. The van der Waals surface area contributed by atoms with Crippen LogP contribution in [0.3, 0.4) is 0 Å². The van der Waals surface area contributed by atoms with Gasteiger partial charge in [0.05, 0.1) is 17.6 Å². The largest absolute Gasteiger partial charge is 0.490 e. The predicted octanol–water partition coefficient (Wildman–Crippen LogP) is 4.24. The number of carbonyl (C=O) groups is 1. The molecular formula is C18H12ClNO5. The Morgan fingerprint density at radius 3 is 2.56 bits per heavy atom. The first-order valence-corrected chi connectivity index (χ1v) is 7.59. The van der Waals surface area contributed by atoms with Crippen LogP contribution in [-0.4, -0.2) is 18.0 Å². The van der Waals surface area contributed by atoms with Gasteiger partial charge < -0.3 is 9.47 Å². The number of hydrogen-bond acceptors (Lipinski definition) is 5. The molecule has 0 amide bonds. The molecule has 1 aliphatic rings. The van der Waals surface area contributed by atoms with Crippen LogP contribution in [0.25, 0.3) is 11.8 Å². The molecule has 0 fully saturated rings. The van der Waals surface area contributed by atoms with Crippen molar-refractivity contribution in [1.29, 1.82) is 0 Å². The fraction of sp³-hybridized carbons (Fsp3) is 0.0556. The van der Waals surface area contributed by atoms with Crippen LogP contribution >= 0.6 is 11.6 Å². The van der Waals surface area contributed by atoms with Gasteiger partial charge >= 0.3 is 11.7 Å². The Morgan fingerprint density at radius 1 is 1.20 bits per heavy atom. The number of hydrogen-bond donors (Lipinski definition) is 0. The summed E-state index contributed by atoms with van der Waals surface area (Å²) in [5, 5.41) is 11.7. The van der Waals surface area contributed by atoms with Gasteiger partial charge in [-0.15, -0.1) is 0 Å². The molecule has 1 aliphatic heterocycles. The van der Waals surface area contributed by atoms with E-state index in [1.54, 1.807) is 36.4 Å². The number of benzene rings is 2. The van der Waals surface area contributed by atoms with E-state index in [0.29, 0.717) is 27.5 Å². The Labute approximate surface area is 148 Å². The van der Waals surface area contributed by atoms with Crippen molar-refractivity contribution in [3.05, 3.63) is 80.4 Å². The minimum Gasteiger partial charge on any atom is -0.490 e. The first kappa shape index (κ1) is 16.7. The van der Waals surface area contributed by atoms with Crippen LogP contribution in [0.4, 0.5) is 5.69 Å². The highest BCUT2D eigenvalue weighted by Gasteiger charge is 2.22. The molecule has 0 N–H and O–H groups in total. The van der Waals surface area contributed by atoms with Gasteiger partial charge in [0.1, 0.15) is 5.76 Å². The molecule has 0 atom stereocenters. The van der Waals surface area contributed by atoms with Gasteiger partial charge in [-0.3, -0.25) is 10.1 Å². The van der Waals surface area contributed by atoms with E-state index in [1.165, 1.54) is 25.3 Å². The Kier molecular flexibility index (Phi) is 4.54. The number of methoxy groups -OCH3 is 1. The van der Waals surface area contributed by atoms with Crippen molar-refractivity contribution >= 4 is 35.1 Å². The van der Waals surface area contributed by atoms with Gasteiger partial charge in [-0.2, -0.15) is 0 Å². The number of cyclic esters (lactones) is 1. The van der Waals surface area contributed by atoms with Crippen LogP contribution in [-0.2, 0) is 9.53 Å². The lowest BCUT2D eigenvalue weighted by molar-refractivity contribution is -0.385. The Balaban J connectivity index is 1.95. The molecule has 0 saturated heterocycles. The standard InChI is InChI=1S/C18H12ClNO5/c1-24-16-7-2-11(9-15(16)20(22)23)8-13-10-17(25-18(13)21)12-3-5-14(19)6-4-12/h2-10H,1H3/b13-8+. The number of rotatable bonds is 4. The highest BCUT2D eigenvalue weighted by atomic mass is 35.5. The van der Waals surface area contributed by atoms with Crippen molar-refractivity contribution in [1.82, 2.24) is 0 Å². The molecule has 3 rings (SSSR count). The van der Waals surface area contributed by atoms with Crippen LogP contribution in [0.15, 0.2) is 54.1 Å². The molecule has 0 bridgehead atoms. The third kappa shape index (κ3) is 3.54. The average Bonchev–Trinajstić information content (AvgIpc) is 2.96. The lowest BCUT2D eigenvalue weighted by Crippen LogP contribution is -1.98. The first-order valence-electron chi connectivity index (χ1n) is 7.22. The summed E-state index contributed by atoms with van der Waals surface area (Å²) in [6.07, 6.45) is 3.11. The highest BCUT2D eigenvalue weighted by molar-refractivity contribution is 6.30. The Hall–Kier alpha value is -3.12. The zero-order chi connectivity index (χ0) is 18.0. The second kappa shape index (κ2) is 6.78. The van der Waals surface area contributed by atoms with E-state index < -0.39 is 10.9 Å². The molecular weight excluding hydrogens is 346 g/mol. The van der Waals surface area contributed by atoms with E-state index in [9.17, 15) is 14.9 Å². The molecule has 25 heavy (non-hydrogen) atoms. The summed E-state index contributed by atoms with van der Waals surface area (Å²) in [4.78, 5) is 22.6. The third-order valence-electron chi connectivity index (χ3n) is 3.58. The summed E-state index contributed by atoms with van der Waals surface area (Å²) in [5.41, 5.74) is 1.32. The van der Waals surface area contributed by atoms with E-state index in [4.69, 9.17) is 21.1 Å². The molecule has 0 unspecified atom stereocenters. The molecule has 126 valence electrons. The molecule has 7 heteroatoms. The van der Waals surface area contributed by atoms with Crippen molar-refractivity contribution in [3.63, 3.8) is 0 Å². The van der Waals surface area contributed by atoms with E-state index in [0.717, 1.165) is 0 Å². The SMILES string of the molecule is COc1ccc(/C=C2\C=C(c3ccc(Cl)cc3)OC2=O)cc1[N+](=O)[O-]. The summed E-state index contributed by atoms with van der Waals surface area (Å²) in [5.74, 6) is 0.0258. The third-order valence-corrected chi connectivity index (χ3v) is 3.83. The number of ether oxygens (including phenoxy) is 2. The monoisotopic (exact) mass is 357 g/mol. The summed E-state index contributed by atoms with van der Waals surface area (Å²) in [6.45, 7) is 0. The molecule has 1 heterocycles. The van der Waals surface area contributed by atoms with Crippen LogP contribution in [0.2, 0.25) is 5.02 Å². The summed E-state index contributed by atoms with van der Waals surface area (Å²) in [7, 11) is 1.36. The average molecular weight is 358 g/mol. The maximum atomic E-state index is 12.0. The van der Waals surface area contributed by atoms with Crippen molar-refractivity contribution in [2.24, 2.45) is 0 Å². The zero-order valence-electron chi connectivity index (χ0n) is 13.1. The van der Waals surface area contributed by atoms with Gasteiger partial charge in [0.15, 0.2) is 5.75 Å². The number of nitrogens with zero attached hydrogens (tertiary/aromatic N) is 1. The zero-order valence-corrected chi connectivity index (χ0v) is 13.8. The van der Waals surface area contributed by atoms with Gasteiger partial charge in [-0.1, -0.05) is 17.7 Å². The van der Waals surface area contributed by atoms with Crippen molar-refractivity contribution < 1.29 is 19.2 Å². The summed E-state index contributed by atoms with van der Waals surface area (Å²) in [6, 6.07) is 11.3. The van der Waals surface area contributed by atoms with Gasteiger partial charge in [0, 0.05) is 16.7 Å². The van der Waals surface area contributed by atoms with E-state index in [1.807, 2.05) is 0 Å². The maximum absolute atomic E-state index is 12.0. The molecule has 0 saturated carbocycles. The molecule has 2 aromatic rings. The van der Waals surface area contributed by atoms with E-state index in [-0.39, 0.29) is 11.4 Å². The first-order chi connectivity index (χ1) is 12.0. The topological polar surface area (TPSA) is 78.7 Å². The number of esters is 1. The van der Waals surface area contributed by atoms with Crippen LogP contribution in [0, 0.1) is 10.1 Å². The predicted molar refractivity (Wildman–Crippen MR) is 93.1 cm³/mol. The fourth-order valence-corrected chi connectivity index (χ4v) is 2.49. The second-order valence-corrected chi connectivity index (χ2v) is 5.63. The fourth-order valence-electron chi connectivity index (χ4n) is 2.36. The molecule has 2 aromatic carbocycles. The quantitative estimate of drug-likeness (QED) is 0.354. The molecule has 6 nitrogen and oxygen atoms in total. The summed E-state index contributed by atoms with van der Waals surface area (Å²) >= 11 is 5.84. The van der Waals surface area contributed by atoms with E-state index >= 15 is 0 Å². The Morgan fingerprint density at radius 2 is 1.92 bits per heavy atom.